The van der Waals surface area contributed by atoms with Crippen LogP contribution in [0.1, 0.15) is 35.7 Å². The molecule has 0 aliphatic carbocycles. The van der Waals surface area contributed by atoms with E-state index in [1.54, 1.807) is 18.2 Å². The second kappa shape index (κ2) is 7.46. The third-order valence-electron chi connectivity index (χ3n) is 4.51. The summed E-state index contributed by atoms with van der Waals surface area (Å²) in [6.07, 6.45) is 3.62. The van der Waals surface area contributed by atoms with Crippen molar-refractivity contribution in [2.45, 2.75) is 26.3 Å². The zero-order valence-electron chi connectivity index (χ0n) is 14.2. The molecule has 2 heterocycles. The Labute approximate surface area is 146 Å². The van der Waals surface area contributed by atoms with Gasteiger partial charge in [0, 0.05) is 31.4 Å². The zero-order valence-corrected chi connectivity index (χ0v) is 14.2. The predicted molar refractivity (Wildman–Crippen MR) is 94.6 cm³/mol. The van der Waals surface area contributed by atoms with Crippen molar-refractivity contribution in [3.05, 3.63) is 47.4 Å². The number of nitrogen functional groups attached to an aromatic ring is 1. The summed E-state index contributed by atoms with van der Waals surface area (Å²) in [7, 11) is 0. The molecule has 0 atom stereocenters. The maximum absolute atomic E-state index is 13.6. The molecule has 1 aliphatic rings. The van der Waals surface area contributed by atoms with Gasteiger partial charge in [0.1, 0.15) is 11.6 Å². The topological polar surface area (TPSA) is 84.1 Å². The number of hydrogen-bond donors (Lipinski definition) is 2. The van der Waals surface area contributed by atoms with Crippen molar-refractivity contribution in [2.75, 3.05) is 23.7 Å². The lowest BCUT2D eigenvalue weighted by atomic mass is 10.00. The number of piperidine rings is 1. The molecule has 25 heavy (non-hydrogen) atoms. The van der Waals surface area contributed by atoms with Gasteiger partial charge in [-0.1, -0.05) is 25.1 Å². The fourth-order valence-corrected chi connectivity index (χ4v) is 2.83. The first-order chi connectivity index (χ1) is 12.0. The van der Waals surface area contributed by atoms with Crippen LogP contribution in [-0.2, 0) is 6.54 Å². The number of benzene rings is 1. The second-order valence-corrected chi connectivity index (χ2v) is 6.41. The Morgan fingerprint density at radius 1 is 1.36 bits per heavy atom. The SMILES string of the molecule is CC1CCN(c2ncc(C(=O)NCc3ccccc3F)c(N)n2)CC1. The fraction of sp³-hybridized carbons (Fsp3) is 0.389. The Morgan fingerprint density at radius 2 is 2.08 bits per heavy atom. The third-order valence-corrected chi connectivity index (χ3v) is 4.51. The number of hydrogen-bond acceptors (Lipinski definition) is 5. The first kappa shape index (κ1) is 17.1. The standard InChI is InChI=1S/C18H22FN5O/c1-12-6-8-24(9-7-12)18-22-11-14(16(20)23-18)17(25)21-10-13-4-2-3-5-15(13)19/h2-5,11-12H,6-10H2,1H3,(H,21,25)(H2,20,22,23). The van der Waals surface area contributed by atoms with Crippen LogP contribution in [0, 0.1) is 11.7 Å². The van der Waals surface area contributed by atoms with Crippen molar-refractivity contribution in [1.82, 2.24) is 15.3 Å². The number of carbonyl (C=O) groups excluding carboxylic acids is 1. The summed E-state index contributed by atoms with van der Waals surface area (Å²) in [5, 5.41) is 2.65. The molecule has 0 radical (unpaired) electrons. The Kier molecular flexibility index (Phi) is 5.11. The monoisotopic (exact) mass is 343 g/mol. The number of carbonyl (C=O) groups is 1. The van der Waals surface area contributed by atoms with Gasteiger partial charge in [-0.25, -0.2) is 9.37 Å². The van der Waals surface area contributed by atoms with Crippen LogP contribution in [-0.4, -0.2) is 29.0 Å². The Hall–Kier alpha value is -2.70. The van der Waals surface area contributed by atoms with E-state index in [1.807, 2.05) is 0 Å². The highest BCUT2D eigenvalue weighted by molar-refractivity contribution is 5.98. The van der Waals surface area contributed by atoms with Gasteiger partial charge >= 0.3 is 0 Å². The van der Waals surface area contributed by atoms with Gasteiger partial charge in [-0.15, -0.1) is 0 Å². The van der Waals surface area contributed by atoms with Crippen molar-refractivity contribution in [3.63, 3.8) is 0 Å². The number of nitrogens with two attached hydrogens (primary N) is 1. The number of amides is 1. The van der Waals surface area contributed by atoms with E-state index in [0.29, 0.717) is 17.4 Å². The summed E-state index contributed by atoms with van der Waals surface area (Å²) < 4.78 is 13.6. The van der Waals surface area contributed by atoms with Gasteiger partial charge in [-0.2, -0.15) is 4.98 Å². The molecule has 0 unspecified atom stereocenters. The summed E-state index contributed by atoms with van der Waals surface area (Å²) >= 11 is 0. The summed E-state index contributed by atoms with van der Waals surface area (Å²) in [5.74, 6) is 0.614. The highest BCUT2D eigenvalue weighted by Crippen LogP contribution is 2.21. The lowest BCUT2D eigenvalue weighted by Gasteiger charge is -2.30. The largest absolute Gasteiger partial charge is 0.383 e. The van der Waals surface area contributed by atoms with Crippen LogP contribution in [0.5, 0.6) is 0 Å². The molecule has 1 aromatic carbocycles. The van der Waals surface area contributed by atoms with E-state index in [4.69, 9.17) is 5.73 Å². The van der Waals surface area contributed by atoms with Crippen LogP contribution < -0.4 is 16.0 Å². The van der Waals surface area contributed by atoms with Crippen molar-refractivity contribution in [1.29, 1.82) is 0 Å². The molecular weight excluding hydrogens is 321 g/mol. The minimum Gasteiger partial charge on any atom is -0.383 e. The van der Waals surface area contributed by atoms with E-state index in [-0.39, 0.29) is 23.7 Å². The van der Waals surface area contributed by atoms with Crippen LogP contribution >= 0.6 is 0 Å². The highest BCUT2D eigenvalue weighted by Gasteiger charge is 2.20. The van der Waals surface area contributed by atoms with E-state index in [0.717, 1.165) is 25.9 Å². The van der Waals surface area contributed by atoms with Gasteiger partial charge in [0.2, 0.25) is 5.95 Å². The lowest BCUT2D eigenvalue weighted by molar-refractivity contribution is 0.0951. The van der Waals surface area contributed by atoms with Gasteiger partial charge < -0.3 is 16.0 Å². The Bertz CT molecular complexity index is 759. The number of halogens is 1. The first-order valence-electron chi connectivity index (χ1n) is 8.43. The molecular formula is C18H22FN5O. The number of rotatable bonds is 4. The van der Waals surface area contributed by atoms with Gasteiger partial charge in [-0.05, 0) is 24.8 Å². The van der Waals surface area contributed by atoms with Crippen LogP contribution in [0.3, 0.4) is 0 Å². The molecule has 0 saturated carbocycles. The number of anilines is 2. The summed E-state index contributed by atoms with van der Waals surface area (Å²) in [5.41, 5.74) is 6.55. The molecule has 1 aliphatic heterocycles. The fourth-order valence-electron chi connectivity index (χ4n) is 2.83. The molecule has 1 saturated heterocycles. The van der Waals surface area contributed by atoms with E-state index in [1.165, 1.54) is 12.3 Å². The van der Waals surface area contributed by atoms with Crippen LogP contribution in [0.4, 0.5) is 16.2 Å². The number of nitrogens with one attached hydrogen (secondary N) is 1. The molecule has 7 heteroatoms. The highest BCUT2D eigenvalue weighted by atomic mass is 19.1. The van der Waals surface area contributed by atoms with Gasteiger partial charge in [-0.3, -0.25) is 4.79 Å². The van der Waals surface area contributed by atoms with Crippen LogP contribution in [0.2, 0.25) is 0 Å². The molecule has 1 fully saturated rings. The molecule has 132 valence electrons. The van der Waals surface area contributed by atoms with Crippen molar-refractivity contribution in [3.8, 4) is 0 Å². The molecule has 2 aromatic rings. The van der Waals surface area contributed by atoms with Crippen molar-refractivity contribution >= 4 is 17.7 Å². The number of nitrogens with zero attached hydrogens (tertiary/aromatic N) is 3. The summed E-state index contributed by atoms with van der Waals surface area (Å²) in [6.45, 7) is 4.09. The van der Waals surface area contributed by atoms with E-state index in [9.17, 15) is 9.18 Å². The van der Waals surface area contributed by atoms with E-state index in [2.05, 4.69) is 27.1 Å². The van der Waals surface area contributed by atoms with Gasteiger partial charge in [0.15, 0.2) is 0 Å². The van der Waals surface area contributed by atoms with E-state index >= 15 is 0 Å². The Morgan fingerprint density at radius 3 is 2.76 bits per heavy atom. The normalized spacial score (nSPS) is 15.2. The molecule has 1 amide bonds. The molecule has 1 aromatic heterocycles. The minimum absolute atomic E-state index is 0.0801. The predicted octanol–water partition coefficient (Wildman–Crippen LogP) is 2.36. The molecule has 3 rings (SSSR count). The van der Waals surface area contributed by atoms with E-state index < -0.39 is 5.91 Å². The van der Waals surface area contributed by atoms with Crippen LogP contribution in [0.25, 0.3) is 0 Å². The second-order valence-electron chi connectivity index (χ2n) is 6.41. The molecule has 3 N–H and O–H groups in total. The molecule has 0 spiro atoms. The molecule has 6 nitrogen and oxygen atoms in total. The lowest BCUT2D eigenvalue weighted by Crippen LogP contribution is -2.34. The molecule has 0 bridgehead atoms. The van der Waals surface area contributed by atoms with Crippen molar-refractivity contribution < 1.29 is 9.18 Å². The average Bonchev–Trinajstić information content (AvgIpc) is 2.61. The van der Waals surface area contributed by atoms with Gasteiger partial charge in [0.25, 0.3) is 5.91 Å². The van der Waals surface area contributed by atoms with Gasteiger partial charge in [0.05, 0.1) is 5.56 Å². The van der Waals surface area contributed by atoms with Crippen LogP contribution in [0.15, 0.2) is 30.5 Å². The smallest absolute Gasteiger partial charge is 0.256 e. The van der Waals surface area contributed by atoms with Crippen molar-refractivity contribution in [2.24, 2.45) is 5.92 Å². The minimum atomic E-state index is -0.417. The average molecular weight is 343 g/mol. The summed E-state index contributed by atoms with van der Waals surface area (Å²) in [4.78, 5) is 22.9. The maximum atomic E-state index is 13.6. The Balaban J connectivity index is 1.66. The first-order valence-corrected chi connectivity index (χ1v) is 8.43. The maximum Gasteiger partial charge on any atom is 0.256 e. The number of aromatic nitrogens is 2. The zero-order chi connectivity index (χ0) is 17.8. The quantitative estimate of drug-likeness (QED) is 0.890. The third kappa shape index (κ3) is 4.04. The summed E-state index contributed by atoms with van der Waals surface area (Å²) in [6, 6.07) is 6.30.